The monoisotopic (exact) mass is 468 g/mol. The number of phenols is 1. The number of hydrogen-bond acceptors (Lipinski definition) is 6. The van der Waals surface area contributed by atoms with Crippen LogP contribution in [0.25, 0.3) is 0 Å². The Morgan fingerprint density at radius 1 is 1.42 bits per heavy atom. The molecule has 2 aromatic rings. The van der Waals surface area contributed by atoms with E-state index in [1.807, 2.05) is 13.0 Å². The molecule has 0 radical (unpaired) electrons. The van der Waals surface area contributed by atoms with E-state index in [9.17, 15) is 9.90 Å². The van der Waals surface area contributed by atoms with Gasteiger partial charge < -0.3 is 19.3 Å². The van der Waals surface area contributed by atoms with Gasteiger partial charge in [0.1, 0.15) is 6.61 Å². The van der Waals surface area contributed by atoms with Crippen molar-refractivity contribution in [3.63, 3.8) is 0 Å². The Morgan fingerprint density at radius 2 is 2.19 bits per heavy atom. The number of nitrogens with zero attached hydrogens (tertiary/aromatic N) is 1. The van der Waals surface area contributed by atoms with Crippen molar-refractivity contribution >= 4 is 34.7 Å². The third kappa shape index (κ3) is 4.18. The second-order valence-electron chi connectivity index (χ2n) is 5.37. The van der Waals surface area contributed by atoms with Gasteiger partial charge in [0.15, 0.2) is 23.0 Å². The number of hydrogen-bond donors (Lipinski definition) is 2. The molecular weight excluding hydrogens is 451 g/mol. The van der Waals surface area contributed by atoms with E-state index in [2.05, 4.69) is 33.1 Å². The minimum Gasteiger partial charge on any atom is -0.504 e. The Labute approximate surface area is 164 Å². The number of carbonyl (C=O) groups excluding carboxylic acids is 1. The van der Waals surface area contributed by atoms with Gasteiger partial charge in [0, 0.05) is 9.13 Å². The Kier molecular flexibility index (Phi) is 5.82. The molecule has 1 atom stereocenters. The maximum Gasteiger partial charge on any atom is 0.284 e. The lowest BCUT2D eigenvalue weighted by atomic mass is 10.2. The number of carbonyl (C=O) groups is 1. The van der Waals surface area contributed by atoms with Gasteiger partial charge in [0.25, 0.3) is 5.91 Å². The van der Waals surface area contributed by atoms with Crippen LogP contribution < -0.4 is 19.6 Å². The van der Waals surface area contributed by atoms with Gasteiger partial charge in [-0.15, -0.1) is 0 Å². The van der Waals surface area contributed by atoms with Crippen LogP contribution in [0.5, 0.6) is 23.0 Å². The average Bonchev–Trinajstić information content (AvgIpc) is 2.65. The minimum atomic E-state index is -0.800. The zero-order valence-electron chi connectivity index (χ0n) is 13.9. The van der Waals surface area contributed by atoms with E-state index >= 15 is 0 Å². The first-order valence-electron chi connectivity index (χ1n) is 7.95. The summed E-state index contributed by atoms with van der Waals surface area (Å²) in [5.41, 5.74) is 2.84. The SMILES string of the molecule is CCOc1cc(I)cc(/C=N/NC(=O)[C@H]2COc3ccccc3O2)c1O. The molecular formula is C18H17IN2O5. The molecule has 8 heteroatoms. The van der Waals surface area contributed by atoms with Crippen LogP contribution in [-0.4, -0.2) is 36.5 Å². The third-order valence-corrected chi connectivity index (χ3v) is 4.17. The highest BCUT2D eigenvalue weighted by molar-refractivity contribution is 14.1. The Balaban J connectivity index is 1.65. The van der Waals surface area contributed by atoms with Gasteiger partial charge in [0.05, 0.1) is 12.8 Å². The van der Waals surface area contributed by atoms with Gasteiger partial charge in [0.2, 0.25) is 6.10 Å². The van der Waals surface area contributed by atoms with E-state index < -0.39 is 12.0 Å². The lowest BCUT2D eigenvalue weighted by Crippen LogP contribution is -2.42. The highest BCUT2D eigenvalue weighted by Crippen LogP contribution is 2.32. The largest absolute Gasteiger partial charge is 0.504 e. The second kappa shape index (κ2) is 8.26. The van der Waals surface area contributed by atoms with E-state index in [-0.39, 0.29) is 12.4 Å². The first kappa shape index (κ1) is 18.3. The number of nitrogens with one attached hydrogen (secondary N) is 1. The average molecular weight is 468 g/mol. The molecule has 0 bridgehead atoms. The van der Waals surface area contributed by atoms with Crippen molar-refractivity contribution in [2.45, 2.75) is 13.0 Å². The van der Waals surface area contributed by atoms with Crippen molar-refractivity contribution < 1.29 is 24.1 Å². The molecule has 26 heavy (non-hydrogen) atoms. The summed E-state index contributed by atoms with van der Waals surface area (Å²) in [4.78, 5) is 12.2. The topological polar surface area (TPSA) is 89.4 Å². The predicted octanol–water partition coefficient (Wildman–Crippen LogP) is 2.69. The number of rotatable bonds is 5. The predicted molar refractivity (Wildman–Crippen MR) is 104 cm³/mol. The van der Waals surface area contributed by atoms with Gasteiger partial charge in [-0.05, 0) is 53.8 Å². The maximum absolute atomic E-state index is 12.2. The van der Waals surface area contributed by atoms with Crippen LogP contribution in [0.2, 0.25) is 0 Å². The van der Waals surface area contributed by atoms with Gasteiger partial charge in [-0.25, -0.2) is 5.43 Å². The van der Waals surface area contributed by atoms with Crippen molar-refractivity contribution in [1.82, 2.24) is 5.43 Å². The molecule has 0 saturated carbocycles. The molecule has 0 saturated heterocycles. The van der Waals surface area contributed by atoms with E-state index in [1.54, 1.807) is 30.3 Å². The number of halogens is 1. The Bertz CT molecular complexity index is 840. The number of amides is 1. The summed E-state index contributed by atoms with van der Waals surface area (Å²) in [6, 6.07) is 10.6. The fourth-order valence-corrected chi connectivity index (χ4v) is 2.96. The fourth-order valence-electron chi connectivity index (χ4n) is 2.34. The zero-order valence-corrected chi connectivity index (χ0v) is 16.1. The smallest absolute Gasteiger partial charge is 0.284 e. The summed E-state index contributed by atoms with van der Waals surface area (Å²) in [6.45, 7) is 2.36. The summed E-state index contributed by atoms with van der Waals surface area (Å²) < 4.78 is 17.4. The molecule has 0 aromatic heterocycles. The van der Waals surface area contributed by atoms with Crippen LogP contribution in [0, 0.1) is 3.57 Å². The quantitative estimate of drug-likeness (QED) is 0.400. The van der Waals surface area contributed by atoms with Gasteiger partial charge in [-0.2, -0.15) is 5.10 Å². The summed E-state index contributed by atoms with van der Waals surface area (Å²) in [6.07, 6.45) is 0.556. The van der Waals surface area contributed by atoms with E-state index in [0.717, 1.165) is 3.57 Å². The molecule has 0 aliphatic carbocycles. The van der Waals surface area contributed by atoms with Crippen molar-refractivity contribution in [3.05, 3.63) is 45.5 Å². The summed E-state index contributed by atoms with van der Waals surface area (Å²) in [5, 5.41) is 14.1. The maximum atomic E-state index is 12.2. The van der Waals surface area contributed by atoms with Crippen molar-refractivity contribution in [1.29, 1.82) is 0 Å². The van der Waals surface area contributed by atoms with Crippen LogP contribution >= 0.6 is 22.6 Å². The zero-order chi connectivity index (χ0) is 18.5. The highest BCUT2D eigenvalue weighted by Gasteiger charge is 2.27. The molecule has 0 fully saturated rings. The Morgan fingerprint density at radius 3 is 2.96 bits per heavy atom. The van der Waals surface area contributed by atoms with Crippen LogP contribution in [0.4, 0.5) is 0 Å². The van der Waals surface area contributed by atoms with E-state index in [1.165, 1.54) is 6.21 Å². The molecule has 0 spiro atoms. The van der Waals surface area contributed by atoms with E-state index in [4.69, 9.17) is 14.2 Å². The molecule has 7 nitrogen and oxygen atoms in total. The number of benzene rings is 2. The van der Waals surface area contributed by atoms with Crippen LogP contribution in [0.3, 0.4) is 0 Å². The number of hydrazone groups is 1. The standard InChI is InChI=1S/C18H17IN2O5/c1-2-24-15-8-12(19)7-11(17(15)22)9-20-21-18(23)16-10-25-13-5-3-4-6-14(13)26-16/h3-9,16,22H,2,10H2,1H3,(H,21,23)/b20-9+/t16-/m1/s1. The van der Waals surface area contributed by atoms with Gasteiger partial charge in [-0.3, -0.25) is 4.79 Å². The molecule has 0 unspecified atom stereocenters. The van der Waals surface area contributed by atoms with Crippen LogP contribution in [0.15, 0.2) is 41.5 Å². The summed E-state index contributed by atoms with van der Waals surface area (Å²) >= 11 is 2.11. The van der Waals surface area contributed by atoms with Crippen molar-refractivity contribution in [2.24, 2.45) is 5.10 Å². The highest BCUT2D eigenvalue weighted by atomic mass is 127. The second-order valence-corrected chi connectivity index (χ2v) is 6.62. The number of aromatic hydroxyl groups is 1. The Hall–Kier alpha value is -2.49. The number of fused-ring (bicyclic) bond motifs is 1. The summed E-state index contributed by atoms with van der Waals surface area (Å²) in [7, 11) is 0. The molecule has 2 aromatic carbocycles. The minimum absolute atomic E-state index is 0.0311. The molecule has 1 amide bonds. The number of para-hydroxylation sites is 2. The van der Waals surface area contributed by atoms with Gasteiger partial charge >= 0.3 is 0 Å². The van der Waals surface area contributed by atoms with Crippen LogP contribution in [0.1, 0.15) is 12.5 Å². The molecule has 1 aliphatic heterocycles. The number of ether oxygens (including phenoxy) is 3. The molecule has 1 heterocycles. The summed E-state index contributed by atoms with van der Waals surface area (Å²) in [5.74, 6) is 1.02. The lowest BCUT2D eigenvalue weighted by Gasteiger charge is -2.24. The molecule has 3 rings (SSSR count). The molecule has 2 N–H and O–H groups in total. The van der Waals surface area contributed by atoms with E-state index in [0.29, 0.717) is 29.4 Å². The first-order valence-corrected chi connectivity index (χ1v) is 9.03. The number of phenolic OH excluding ortho intramolecular Hbond substituents is 1. The molecule has 136 valence electrons. The third-order valence-electron chi connectivity index (χ3n) is 3.55. The first-order chi connectivity index (χ1) is 12.6. The molecule has 1 aliphatic rings. The van der Waals surface area contributed by atoms with Crippen molar-refractivity contribution in [2.75, 3.05) is 13.2 Å². The van der Waals surface area contributed by atoms with Crippen molar-refractivity contribution in [3.8, 4) is 23.0 Å². The normalized spacial score (nSPS) is 15.7. The fraction of sp³-hybridized carbons (Fsp3) is 0.222. The lowest BCUT2D eigenvalue weighted by molar-refractivity contribution is -0.130. The van der Waals surface area contributed by atoms with Gasteiger partial charge in [-0.1, -0.05) is 12.1 Å². The van der Waals surface area contributed by atoms with Crippen LogP contribution in [-0.2, 0) is 4.79 Å².